The summed E-state index contributed by atoms with van der Waals surface area (Å²) in [5.74, 6) is 2.96. The van der Waals surface area contributed by atoms with E-state index in [2.05, 4.69) is 10.3 Å². The van der Waals surface area contributed by atoms with Crippen LogP contribution in [0.2, 0.25) is 0 Å². The Balaban J connectivity index is 1.39. The summed E-state index contributed by atoms with van der Waals surface area (Å²) in [6.45, 7) is 1.08. The number of anilines is 1. The number of fused-ring (bicyclic) bond motifs is 1. The number of hydrogen-bond donors (Lipinski definition) is 1. The van der Waals surface area contributed by atoms with Crippen molar-refractivity contribution in [3.63, 3.8) is 0 Å². The number of hydrogen-bond acceptors (Lipinski definition) is 8. The van der Waals surface area contributed by atoms with Gasteiger partial charge in [-0.1, -0.05) is 0 Å². The molecule has 1 aliphatic rings. The Morgan fingerprint density at radius 1 is 1.03 bits per heavy atom. The van der Waals surface area contributed by atoms with Gasteiger partial charge in [-0.3, -0.25) is 4.79 Å². The van der Waals surface area contributed by atoms with Crippen molar-refractivity contribution in [3.05, 3.63) is 41.3 Å². The number of nitrogens with zero attached hydrogens (tertiary/aromatic N) is 1. The fraction of sp³-hybridized carbons (Fsp3) is 0.304. The second kappa shape index (κ2) is 9.78. The maximum absolute atomic E-state index is 12.5. The summed E-state index contributed by atoms with van der Waals surface area (Å²) in [5.41, 5.74) is 2.58. The third kappa shape index (κ3) is 4.72. The topological polar surface area (TPSA) is 88.1 Å². The van der Waals surface area contributed by atoms with E-state index in [4.69, 9.17) is 23.7 Å². The summed E-state index contributed by atoms with van der Waals surface area (Å²) in [6, 6.07) is 9.40. The molecule has 1 N–H and O–H groups in total. The highest BCUT2D eigenvalue weighted by molar-refractivity contribution is 7.14. The predicted octanol–water partition coefficient (Wildman–Crippen LogP) is 4.18. The molecule has 9 heteroatoms. The number of benzene rings is 2. The second-order valence-corrected chi connectivity index (χ2v) is 7.84. The molecule has 3 aromatic rings. The lowest BCUT2D eigenvalue weighted by Gasteiger charge is -2.18. The third-order valence-electron chi connectivity index (χ3n) is 4.95. The molecule has 4 rings (SSSR count). The van der Waals surface area contributed by atoms with Crippen molar-refractivity contribution in [2.75, 3.05) is 39.9 Å². The van der Waals surface area contributed by atoms with E-state index in [9.17, 15) is 4.79 Å². The van der Waals surface area contributed by atoms with Crippen molar-refractivity contribution in [1.82, 2.24) is 4.98 Å². The van der Waals surface area contributed by atoms with Crippen LogP contribution in [0.1, 0.15) is 12.0 Å². The van der Waals surface area contributed by atoms with Gasteiger partial charge in [-0.2, -0.15) is 0 Å². The number of ether oxygens (including phenoxy) is 5. The third-order valence-corrected chi connectivity index (χ3v) is 5.71. The summed E-state index contributed by atoms with van der Waals surface area (Å²) >= 11 is 1.38. The highest BCUT2D eigenvalue weighted by Crippen LogP contribution is 2.38. The molecule has 32 heavy (non-hydrogen) atoms. The quantitative estimate of drug-likeness (QED) is 0.544. The Hall–Kier alpha value is -3.46. The molecule has 0 radical (unpaired) electrons. The predicted molar refractivity (Wildman–Crippen MR) is 122 cm³/mol. The number of nitrogens with one attached hydrogen (secondary N) is 1. The molecule has 0 spiro atoms. The smallest absolute Gasteiger partial charge is 0.226 e. The molecule has 1 amide bonds. The van der Waals surface area contributed by atoms with Gasteiger partial charge in [0.1, 0.15) is 13.2 Å². The molecule has 0 bridgehead atoms. The van der Waals surface area contributed by atoms with Gasteiger partial charge in [-0.05, 0) is 42.3 Å². The van der Waals surface area contributed by atoms with Gasteiger partial charge in [-0.15, -0.1) is 11.3 Å². The van der Waals surface area contributed by atoms with Crippen LogP contribution in [0.5, 0.6) is 28.7 Å². The molecule has 2 aromatic carbocycles. The lowest BCUT2D eigenvalue weighted by atomic mass is 10.1. The van der Waals surface area contributed by atoms with Crippen molar-refractivity contribution >= 4 is 22.4 Å². The van der Waals surface area contributed by atoms with E-state index in [1.807, 2.05) is 35.7 Å². The second-order valence-electron chi connectivity index (χ2n) is 6.98. The minimum absolute atomic E-state index is 0.123. The Labute approximate surface area is 190 Å². The maximum Gasteiger partial charge on any atom is 0.226 e. The van der Waals surface area contributed by atoms with E-state index in [1.54, 1.807) is 21.3 Å². The summed E-state index contributed by atoms with van der Waals surface area (Å²) in [7, 11) is 4.69. The van der Waals surface area contributed by atoms with Crippen molar-refractivity contribution < 1.29 is 28.5 Å². The van der Waals surface area contributed by atoms with Crippen LogP contribution in [0, 0.1) is 0 Å². The normalized spacial score (nSPS) is 12.2. The van der Waals surface area contributed by atoms with Crippen molar-refractivity contribution in [1.29, 1.82) is 0 Å². The van der Waals surface area contributed by atoms with E-state index >= 15 is 0 Å². The first-order chi connectivity index (χ1) is 15.6. The number of aryl methyl sites for hydroxylation is 1. The first-order valence-electron chi connectivity index (χ1n) is 10.1. The van der Waals surface area contributed by atoms with Crippen LogP contribution in [0.3, 0.4) is 0 Å². The molecule has 0 saturated heterocycles. The minimum Gasteiger partial charge on any atom is -0.493 e. The van der Waals surface area contributed by atoms with Gasteiger partial charge < -0.3 is 29.0 Å². The molecule has 0 atom stereocenters. The molecule has 8 nitrogen and oxygen atoms in total. The van der Waals surface area contributed by atoms with Gasteiger partial charge >= 0.3 is 0 Å². The minimum atomic E-state index is -0.123. The van der Waals surface area contributed by atoms with Gasteiger partial charge in [0, 0.05) is 17.4 Å². The standard InChI is InChI=1S/C23H24N2O6S/c1-27-19-10-14(11-20(28-2)22(19)29-3)4-7-21(26)25-23-24-16(13-32-23)15-5-6-17-18(12-15)31-9-8-30-17/h5-6,10-13H,4,7-9H2,1-3H3,(H,24,25,26). The number of methoxy groups -OCH3 is 3. The Morgan fingerprint density at radius 2 is 1.75 bits per heavy atom. The Kier molecular flexibility index (Phi) is 6.65. The lowest BCUT2D eigenvalue weighted by molar-refractivity contribution is -0.116. The largest absolute Gasteiger partial charge is 0.493 e. The van der Waals surface area contributed by atoms with Gasteiger partial charge in [0.25, 0.3) is 0 Å². The SMILES string of the molecule is COc1cc(CCC(=O)Nc2nc(-c3ccc4c(c3)OCCO4)cs2)cc(OC)c1OC. The van der Waals surface area contributed by atoms with E-state index in [0.717, 1.165) is 22.6 Å². The zero-order valence-electron chi connectivity index (χ0n) is 18.1. The fourth-order valence-electron chi connectivity index (χ4n) is 3.39. The van der Waals surface area contributed by atoms with E-state index in [0.29, 0.717) is 47.8 Å². The van der Waals surface area contributed by atoms with Crippen LogP contribution in [0.4, 0.5) is 5.13 Å². The highest BCUT2D eigenvalue weighted by atomic mass is 32.1. The average molecular weight is 457 g/mol. The van der Waals surface area contributed by atoms with Crippen LogP contribution >= 0.6 is 11.3 Å². The van der Waals surface area contributed by atoms with Crippen LogP contribution in [0.25, 0.3) is 11.3 Å². The zero-order valence-corrected chi connectivity index (χ0v) is 18.9. The van der Waals surface area contributed by atoms with E-state index in [1.165, 1.54) is 11.3 Å². The van der Waals surface area contributed by atoms with Gasteiger partial charge in [-0.25, -0.2) is 4.98 Å². The number of carbonyl (C=O) groups excluding carboxylic acids is 1. The Morgan fingerprint density at radius 3 is 2.44 bits per heavy atom. The monoisotopic (exact) mass is 456 g/mol. The number of aromatic nitrogens is 1. The summed E-state index contributed by atoms with van der Waals surface area (Å²) in [4.78, 5) is 17.0. The molecule has 2 heterocycles. The first-order valence-corrected chi connectivity index (χ1v) is 10.9. The molecular formula is C23H24N2O6S. The molecule has 0 aliphatic carbocycles. The van der Waals surface area contributed by atoms with Crippen LogP contribution in [-0.4, -0.2) is 45.4 Å². The molecule has 0 saturated carbocycles. The fourth-order valence-corrected chi connectivity index (χ4v) is 4.12. The number of thiazole rings is 1. The first kappa shape index (κ1) is 21.8. The highest BCUT2D eigenvalue weighted by Gasteiger charge is 2.16. The molecule has 1 aromatic heterocycles. The van der Waals surface area contributed by atoms with Crippen molar-refractivity contribution in [2.45, 2.75) is 12.8 Å². The summed E-state index contributed by atoms with van der Waals surface area (Å²) in [6.07, 6.45) is 0.806. The van der Waals surface area contributed by atoms with Crippen molar-refractivity contribution in [2.24, 2.45) is 0 Å². The van der Waals surface area contributed by atoms with Crippen LogP contribution in [0.15, 0.2) is 35.7 Å². The zero-order chi connectivity index (χ0) is 22.5. The van der Waals surface area contributed by atoms with E-state index < -0.39 is 0 Å². The van der Waals surface area contributed by atoms with E-state index in [-0.39, 0.29) is 12.3 Å². The van der Waals surface area contributed by atoms with Gasteiger partial charge in [0.15, 0.2) is 28.1 Å². The molecule has 1 aliphatic heterocycles. The molecule has 0 unspecified atom stereocenters. The maximum atomic E-state index is 12.5. The average Bonchev–Trinajstić information content (AvgIpc) is 3.30. The lowest BCUT2D eigenvalue weighted by Crippen LogP contribution is -2.15. The van der Waals surface area contributed by atoms with Crippen LogP contribution < -0.4 is 29.0 Å². The summed E-state index contributed by atoms with van der Waals surface area (Å²) in [5, 5.41) is 5.32. The Bertz CT molecular complexity index is 1090. The van der Waals surface area contributed by atoms with Gasteiger partial charge in [0.2, 0.25) is 11.7 Å². The number of rotatable bonds is 8. The van der Waals surface area contributed by atoms with Gasteiger partial charge in [0.05, 0.1) is 27.0 Å². The summed E-state index contributed by atoms with van der Waals surface area (Å²) < 4.78 is 27.3. The molecule has 168 valence electrons. The number of amides is 1. The van der Waals surface area contributed by atoms with Crippen molar-refractivity contribution in [3.8, 4) is 40.0 Å². The number of carbonyl (C=O) groups is 1. The molecule has 0 fully saturated rings. The molecular weight excluding hydrogens is 432 g/mol. The van der Waals surface area contributed by atoms with Crippen LogP contribution in [-0.2, 0) is 11.2 Å².